The number of carbonyl (C=O) groups is 1. The molecular weight excluding hydrogens is 368 g/mol. The molecule has 0 saturated carbocycles. The highest BCUT2D eigenvalue weighted by atomic mass is 32.2. The number of benzene rings is 2. The van der Waals surface area contributed by atoms with Crippen molar-refractivity contribution in [1.82, 2.24) is 0 Å². The molecule has 2 aromatic carbocycles. The van der Waals surface area contributed by atoms with E-state index in [1.54, 1.807) is 6.07 Å². The topological polar surface area (TPSA) is 90.7 Å². The molecule has 0 aliphatic heterocycles. The van der Waals surface area contributed by atoms with Gasteiger partial charge in [0, 0.05) is 23.3 Å². The number of ether oxygens (including phenoxy) is 1. The highest BCUT2D eigenvalue weighted by Gasteiger charge is 2.13. The molecule has 7 heteroatoms. The molecule has 1 aromatic heterocycles. The van der Waals surface area contributed by atoms with Gasteiger partial charge in [0.15, 0.2) is 9.84 Å². The Morgan fingerprint density at radius 3 is 2.30 bits per heavy atom. The quantitative estimate of drug-likeness (QED) is 0.505. The number of fused-ring (bicyclic) bond motifs is 1. The monoisotopic (exact) mass is 386 g/mol. The fourth-order valence-corrected chi connectivity index (χ4v) is 3.30. The maximum absolute atomic E-state index is 12.2. The third-order valence-electron chi connectivity index (χ3n) is 4.32. The molecule has 0 atom stereocenters. The summed E-state index contributed by atoms with van der Waals surface area (Å²) >= 11 is 0. The average Bonchev–Trinajstić information content (AvgIpc) is 2.60. The van der Waals surface area contributed by atoms with E-state index in [1.165, 1.54) is 30.3 Å². The van der Waals surface area contributed by atoms with Gasteiger partial charge in [-0.3, -0.25) is 0 Å². The number of hydrogen-bond acceptors (Lipinski definition) is 6. The number of hydrogen-bond donors (Lipinski definition) is 0. The van der Waals surface area contributed by atoms with Crippen LogP contribution in [0.2, 0.25) is 0 Å². The Bertz CT molecular complexity index is 1190. The van der Waals surface area contributed by atoms with Crippen molar-refractivity contribution >= 4 is 26.8 Å². The van der Waals surface area contributed by atoms with Gasteiger partial charge in [-0.1, -0.05) is 0 Å². The van der Waals surface area contributed by atoms with E-state index in [0.717, 1.165) is 17.4 Å². The summed E-state index contributed by atoms with van der Waals surface area (Å²) in [5, 5.41) is 0.706. The number of esters is 1. The van der Waals surface area contributed by atoms with Crippen LogP contribution in [-0.4, -0.2) is 20.6 Å². The van der Waals surface area contributed by atoms with Crippen LogP contribution in [0, 0.1) is 13.8 Å². The smallest absolute Gasteiger partial charge is 0.338 e. The van der Waals surface area contributed by atoms with Crippen LogP contribution >= 0.6 is 0 Å². The van der Waals surface area contributed by atoms with Gasteiger partial charge in [-0.2, -0.15) is 0 Å². The highest BCUT2D eigenvalue weighted by molar-refractivity contribution is 7.90. The Morgan fingerprint density at radius 2 is 1.67 bits per heavy atom. The van der Waals surface area contributed by atoms with Crippen molar-refractivity contribution in [3.8, 4) is 0 Å². The Morgan fingerprint density at radius 1 is 1.04 bits per heavy atom. The van der Waals surface area contributed by atoms with Gasteiger partial charge in [-0.05, 0) is 61.4 Å². The van der Waals surface area contributed by atoms with Crippen molar-refractivity contribution in [1.29, 1.82) is 0 Å². The van der Waals surface area contributed by atoms with Crippen molar-refractivity contribution in [2.45, 2.75) is 25.3 Å². The van der Waals surface area contributed by atoms with Gasteiger partial charge in [0.05, 0.1) is 10.5 Å². The predicted octanol–water partition coefficient (Wildman–Crippen LogP) is 3.17. The molecule has 27 heavy (non-hydrogen) atoms. The van der Waals surface area contributed by atoms with E-state index >= 15 is 0 Å². The van der Waals surface area contributed by atoms with Crippen molar-refractivity contribution < 1.29 is 22.4 Å². The van der Waals surface area contributed by atoms with Crippen molar-refractivity contribution in [2.24, 2.45) is 0 Å². The Balaban J connectivity index is 1.85. The zero-order valence-electron chi connectivity index (χ0n) is 15.1. The minimum atomic E-state index is -3.33. The minimum Gasteiger partial charge on any atom is -0.457 e. The van der Waals surface area contributed by atoms with Gasteiger partial charge in [-0.25, -0.2) is 18.0 Å². The first-order valence-corrected chi connectivity index (χ1v) is 10.1. The maximum Gasteiger partial charge on any atom is 0.338 e. The molecule has 0 aliphatic carbocycles. The number of sulfone groups is 1. The Kier molecular flexibility index (Phi) is 4.89. The van der Waals surface area contributed by atoms with Crippen LogP contribution < -0.4 is 5.63 Å². The van der Waals surface area contributed by atoms with E-state index in [0.29, 0.717) is 16.5 Å². The Hall–Kier alpha value is -2.93. The summed E-state index contributed by atoms with van der Waals surface area (Å²) in [5.74, 6) is -0.611. The minimum absolute atomic E-state index is 0.0999. The molecule has 3 aromatic rings. The second-order valence-electron chi connectivity index (χ2n) is 6.40. The van der Waals surface area contributed by atoms with Crippen LogP contribution in [0.25, 0.3) is 11.0 Å². The van der Waals surface area contributed by atoms with Crippen LogP contribution in [-0.2, 0) is 21.2 Å². The molecule has 3 rings (SSSR count). The van der Waals surface area contributed by atoms with E-state index in [9.17, 15) is 18.0 Å². The molecule has 0 bridgehead atoms. The Labute approximate surface area is 156 Å². The number of aryl methyl sites for hydroxylation is 2. The molecule has 0 aliphatic rings. The zero-order chi connectivity index (χ0) is 19.8. The van der Waals surface area contributed by atoms with E-state index in [4.69, 9.17) is 9.15 Å². The van der Waals surface area contributed by atoms with Gasteiger partial charge in [-0.15, -0.1) is 0 Å². The lowest BCUT2D eigenvalue weighted by Crippen LogP contribution is -2.08. The second kappa shape index (κ2) is 7.00. The summed E-state index contributed by atoms with van der Waals surface area (Å²) < 4.78 is 33.5. The van der Waals surface area contributed by atoms with Gasteiger partial charge in [0.25, 0.3) is 0 Å². The summed E-state index contributed by atoms with van der Waals surface area (Å²) in [6.07, 6.45) is 1.09. The third kappa shape index (κ3) is 4.09. The molecule has 140 valence electrons. The van der Waals surface area contributed by atoms with Crippen LogP contribution in [0.3, 0.4) is 0 Å². The van der Waals surface area contributed by atoms with E-state index in [1.807, 2.05) is 19.9 Å². The molecule has 0 radical (unpaired) electrons. The van der Waals surface area contributed by atoms with Crippen molar-refractivity contribution in [3.63, 3.8) is 0 Å². The molecule has 6 nitrogen and oxygen atoms in total. The first kappa shape index (κ1) is 18.8. The summed E-state index contributed by atoms with van der Waals surface area (Å²) in [4.78, 5) is 24.2. The van der Waals surface area contributed by atoms with Gasteiger partial charge in [0.2, 0.25) is 0 Å². The molecule has 0 N–H and O–H groups in total. The van der Waals surface area contributed by atoms with Crippen molar-refractivity contribution in [2.75, 3.05) is 6.26 Å². The molecule has 0 unspecified atom stereocenters. The fourth-order valence-electron chi connectivity index (χ4n) is 2.67. The molecule has 0 spiro atoms. The summed E-state index contributed by atoms with van der Waals surface area (Å²) in [7, 11) is -3.33. The van der Waals surface area contributed by atoms with Gasteiger partial charge in [0.1, 0.15) is 12.2 Å². The molecule has 0 fully saturated rings. The number of rotatable bonds is 4. The lowest BCUT2D eigenvalue weighted by atomic mass is 10.0. The predicted molar refractivity (Wildman–Crippen MR) is 101 cm³/mol. The number of carbonyl (C=O) groups excluding carboxylic acids is 1. The molecule has 1 heterocycles. The average molecular weight is 386 g/mol. The highest BCUT2D eigenvalue weighted by Crippen LogP contribution is 2.22. The third-order valence-corrected chi connectivity index (χ3v) is 5.45. The zero-order valence-corrected chi connectivity index (χ0v) is 15.9. The normalized spacial score (nSPS) is 11.5. The lowest BCUT2D eigenvalue weighted by molar-refractivity contribution is 0.0473. The van der Waals surface area contributed by atoms with Crippen LogP contribution in [0.4, 0.5) is 0 Å². The maximum atomic E-state index is 12.2. The molecule has 0 saturated heterocycles. The van der Waals surface area contributed by atoms with Gasteiger partial charge >= 0.3 is 11.6 Å². The van der Waals surface area contributed by atoms with E-state index in [2.05, 4.69) is 0 Å². The van der Waals surface area contributed by atoms with Crippen LogP contribution in [0.1, 0.15) is 27.0 Å². The molecule has 0 amide bonds. The molecular formula is C20H18O6S. The largest absolute Gasteiger partial charge is 0.457 e. The van der Waals surface area contributed by atoms with Gasteiger partial charge < -0.3 is 9.15 Å². The summed E-state index contributed by atoms with van der Waals surface area (Å²) in [5.41, 5.74) is 2.71. The van der Waals surface area contributed by atoms with E-state index in [-0.39, 0.29) is 17.1 Å². The van der Waals surface area contributed by atoms with Crippen LogP contribution in [0.5, 0.6) is 0 Å². The summed E-state index contributed by atoms with van der Waals surface area (Å²) in [6.45, 7) is 3.76. The van der Waals surface area contributed by atoms with Crippen LogP contribution in [0.15, 0.2) is 56.6 Å². The second-order valence-corrected chi connectivity index (χ2v) is 8.41. The first-order chi connectivity index (χ1) is 12.6. The summed E-state index contributed by atoms with van der Waals surface area (Å²) in [6, 6.07) is 10.5. The van der Waals surface area contributed by atoms with Crippen molar-refractivity contribution in [3.05, 3.63) is 75.1 Å². The first-order valence-electron chi connectivity index (χ1n) is 8.16. The standard InChI is InChI=1S/C20H18O6S/c1-12-8-17-15(10-19(21)26-18(17)9-13(12)2)11-25-20(22)14-4-6-16(7-5-14)27(3,23)24/h4-10H,11H2,1-3H3. The SMILES string of the molecule is Cc1cc2oc(=O)cc(COC(=O)c3ccc(S(C)(=O)=O)cc3)c2cc1C. The fraction of sp³-hybridized carbons (Fsp3) is 0.200. The van der Waals surface area contributed by atoms with E-state index < -0.39 is 21.4 Å². The lowest BCUT2D eigenvalue weighted by Gasteiger charge is -2.09.